The maximum Gasteiger partial charge on any atom is 0.410 e. The first-order chi connectivity index (χ1) is 66.3. The molecule has 0 aliphatic heterocycles. The average molecular weight is 2000 g/mol. The number of hydrogen-bond acceptors (Lipinski definition) is 38. The van der Waals surface area contributed by atoms with Crippen LogP contribution in [0.5, 0.6) is 0 Å². The Kier molecular flexibility index (Phi) is 99.2. The number of nitrogens with zero attached hydrogens (tertiary/aromatic N) is 6. The predicted octanol–water partition coefficient (Wildman–Crippen LogP) is -0.995. The lowest BCUT2D eigenvalue weighted by Gasteiger charge is -2.24. The molecule has 0 aromatic carbocycles. The number of hydrogen-bond donors (Lipinski definition) is 12. The first-order valence-corrected chi connectivity index (χ1v) is 48.4. The van der Waals surface area contributed by atoms with E-state index >= 15 is 0 Å². The minimum atomic E-state index is -0.825. The smallest absolute Gasteiger partial charge is 0.410 e. The van der Waals surface area contributed by atoms with Crippen molar-refractivity contribution in [2.24, 2.45) is 32.1 Å². The molecule has 0 aromatic rings. The summed E-state index contributed by atoms with van der Waals surface area (Å²) in [5.41, 5.74) is 3.26. The van der Waals surface area contributed by atoms with Gasteiger partial charge in [-0.1, -0.05) is 46.3 Å². The van der Waals surface area contributed by atoms with E-state index in [1.54, 1.807) is 11.5 Å². The van der Waals surface area contributed by atoms with E-state index in [0.717, 1.165) is 24.9 Å². The zero-order valence-corrected chi connectivity index (χ0v) is 81.0. The normalized spacial score (nSPS) is 10.9. The van der Waals surface area contributed by atoms with Gasteiger partial charge in [-0.15, -0.1) is 60.2 Å². The van der Waals surface area contributed by atoms with Crippen LogP contribution >= 0.6 is 47.0 Å². The van der Waals surface area contributed by atoms with Crippen LogP contribution in [0.2, 0.25) is 2.82 Å². The lowest BCUT2D eigenvalue weighted by molar-refractivity contribution is -0.122. The molecule has 0 aliphatic rings. The predicted molar refractivity (Wildman–Crippen MR) is 509 cm³/mol. The zero-order chi connectivity index (χ0) is 101. The summed E-state index contributed by atoms with van der Waals surface area (Å²) in [5, 5.41) is 41.3. The Morgan fingerprint density at radius 1 is 0.291 bits per heavy atom. The Hall–Kier alpha value is -9.78. The maximum absolute atomic E-state index is 13.7. The van der Waals surface area contributed by atoms with Crippen molar-refractivity contribution < 1.29 is 146 Å². The second kappa shape index (κ2) is 105. The van der Waals surface area contributed by atoms with Crippen LogP contribution in [-0.4, -0.2) is 415 Å². The molecule has 0 aromatic heterocycles. The van der Waals surface area contributed by atoms with E-state index in [9.17, 15) is 67.1 Å². The number of ether oxygens (including phenoxy) is 10. The molecule has 0 atom stereocenters. The molecular formula is C82H148N18O30S4. The van der Waals surface area contributed by atoms with Crippen molar-refractivity contribution in [1.29, 1.82) is 0 Å². The molecule has 0 radical (unpaired) electrons. The Morgan fingerprint density at radius 3 is 0.739 bits per heavy atom. The summed E-state index contributed by atoms with van der Waals surface area (Å²) in [6.45, 7) is 16.9. The molecule has 0 saturated carbocycles. The summed E-state index contributed by atoms with van der Waals surface area (Å²) in [4.78, 5) is 211. The third-order valence-electron chi connectivity index (χ3n) is 16.1. The monoisotopic (exact) mass is 1990 g/mol. The van der Waals surface area contributed by atoms with Crippen molar-refractivity contribution >= 4 is 169 Å². The van der Waals surface area contributed by atoms with Gasteiger partial charge in [-0.2, -0.15) is 0 Å². The molecule has 0 spiro atoms. The van der Waals surface area contributed by atoms with Gasteiger partial charge >= 0.3 is 12.2 Å². The topological polar surface area (TPSA) is 631 Å². The van der Waals surface area contributed by atoms with Crippen LogP contribution < -0.4 is 64.6 Å². The van der Waals surface area contributed by atoms with Crippen molar-refractivity contribution in [3.63, 3.8) is 0 Å². The summed E-state index contributed by atoms with van der Waals surface area (Å²) in [5.74, 6) is -0.414. The first kappa shape index (κ1) is 126. The number of thioether (sulfide) groups is 4. The number of carbonyl (C=O) groups excluding carboxylic acids is 16. The number of primary amides is 2. The van der Waals surface area contributed by atoms with Gasteiger partial charge in [-0.3, -0.25) is 57.5 Å². The molecule has 14 N–H and O–H groups in total. The zero-order valence-electron chi connectivity index (χ0n) is 79.7. The van der Waals surface area contributed by atoms with Crippen molar-refractivity contribution in [2.75, 3.05) is 284 Å². The average Bonchev–Trinajstić information content (AvgIpc) is 0.926. The minimum absolute atomic E-state index is 0.0159. The molecule has 0 bridgehead atoms. The fraction of sp³-hybridized carbons (Fsp3) is 0.732. The number of rotatable bonds is 91. The van der Waals surface area contributed by atoms with Crippen LogP contribution in [0, 0.1) is 0 Å². The molecule has 134 heavy (non-hydrogen) atoms. The number of nitrogens with one attached hydrogen (secondary N) is 10. The highest BCUT2D eigenvalue weighted by molar-refractivity contribution is 8.00. The van der Waals surface area contributed by atoms with E-state index < -0.39 is 37.2 Å². The molecule has 0 heterocycles. The number of carbonyl (C=O) groups is 16. The molecule has 48 nitrogen and oxygen atoms in total. The molecule has 0 saturated heterocycles. The minimum Gasteiger partial charge on any atom is -0.446 e. The van der Waals surface area contributed by atoms with Crippen molar-refractivity contribution in [2.45, 2.75) is 103 Å². The lowest BCUT2D eigenvalue weighted by Crippen LogP contribution is -2.44. The van der Waals surface area contributed by atoms with Gasteiger partial charge in [-0.05, 0) is 51.4 Å². The SMILES string of the molecule is C=C.C=O.C=O.[2H]NC(=O)/C=N\OCCOCCOCCSCC(=O)NCCCCCC(=O)NCCN(CCNC(=O)CCCCCNC(=O)CSCCOCCOCCO/N=C\C(=O)N[2H])C(=O)OCCOC(=O)N(CCNC(=O)CCCCCNC(=O)CSCCOCCOCCON=CC(=O)NC)CCNC(=O)CCCCCNC(=O)CSCCOCCOCCO/N=C\C(=O)NC. The van der Waals surface area contributed by atoms with E-state index in [1.165, 1.54) is 70.9 Å². The van der Waals surface area contributed by atoms with E-state index in [2.05, 4.69) is 86.9 Å². The lowest BCUT2D eigenvalue weighted by atomic mass is 10.2. The summed E-state index contributed by atoms with van der Waals surface area (Å²) in [7, 11) is 2.95. The molecule has 0 fully saturated rings. The van der Waals surface area contributed by atoms with Gasteiger partial charge in [0.15, 0.2) is 2.82 Å². The summed E-state index contributed by atoms with van der Waals surface area (Å²) < 4.78 is 68.0. The third kappa shape index (κ3) is 101. The van der Waals surface area contributed by atoms with E-state index in [1.807, 2.05) is 13.6 Å². The van der Waals surface area contributed by atoms with Crippen molar-refractivity contribution in [1.82, 2.24) is 63.0 Å². The van der Waals surface area contributed by atoms with E-state index in [-0.39, 0.29) is 213 Å². The van der Waals surface area contributed by atoms with Crippen LogP contribution in [0.15, 0.2) is 33.8 Å². The Balaban J connectivity index is -0.0000142. The standard InChI is InChI=1S/C78H140N18O28S4.C2H4.2CH2O/c1-81-71(103)59-93-123-47-41-113-33-37-117-51-55-127-63-75(107)85-21-13-5-9-17-69(101)89-25-29-96(30-26-90-70(102)18-10-6-14-22-86-76(108)64-128-56-52-118-38-34-114-42-48-124-94-60-72(104)82-2)78(110)120-44-43-119-77(109)95(27-23-87-67(99)15-7-3-11-19-83-73(105)61-125-53-49-115-35-31-111-39-45-121-91-57-65(79)97)28-24-88-68(100)16-8-4-12-20-84-74(106)62-126-54-50-116-36-32-112-40-46-122-92-58-66(80)98;3*1-2/h57-60H,3-56,61-64H2,1-2H3,(H2,79,97)(H2,80,98)(H,81,103)(H,82,104)(H,83,105)(H,84,106)(H,85,107)(H,86,108)(H,87,99)(H,88,100)(H,89,101)(H,90,102);1-2H2;2*1H2/b91-57-,92-58-,93-59-,94-60?;;;/i/hD2. The van der Waals surface area contributed by atoms with Crippen LogP contribution in [0.25, 0.3) is 0 Å². The Labute approximate surface area is 805 Å². The Morgan fingerprint density at radius 2 is 0.507 bits per heavy atom. The molecule has 0 unspecified atom stereocenters. The van der Waals surface area contributed by atoms with Gasteiger partial charge in [0.25, 0.3) is 23.6 Å². The van der Waals surface area contributed by atoms with Crippen LogP contribution in [0.1, 0.15) is 103 Å². The largest absolute Gasteiger partial charge is 0.446 e. The second-order valence-corrected chi connectivity index (χ2v) is 31.0. The van der Waals surface area contributed by atoms with Gasteiger partial charge in [-0.25, -0.2) is 9.59 Å². The van der Waals surface area contributed by atoms with Crippen LogP contribution in [-0.2, 0) is 134 Å². The molecule has 0 rings (SSSR count). The van der Waals surface area contributed by atoms with Gasteiger partial charge in [0.2, 0.25) is 47.3 Å². The van der Waals surface area contributed by atoms with Crippen LogP contribution in [0.4, 0.5) is 9.59 Å². The van der Waals surface area contributed by atoms with Crippen LogP contribution in [0.3, 0.4) is 0 Å². The van der Waals surface area contributed by atoms with Gasteiger partial charge < -0.3 is 151 Å². The van der Waals surface area contributed by atoms with Gasteiger partial charge in [0.1, 0.15) is 78.1 Å². The summed E-state index contributed by atoms with van der Waals surface area (Å²) >= 11 is 5.68. The fourth-order valence-electron chi connectivity index (χ4n) is 9.65. The third-order valence-corrected chi connectivity index (χ3v) is 19.8. The Bertz CT molecular complexity index is 2830. The number of nitrogens with two attached hydrogens (primary N) is 2. The molecule has 0 aliphatic carbocycles. The number of unbranched alkanes of at least 4 members (excludes halogenated alkanes) is 8. The van der Waals surface area contributed by atoms with Gasteiger partial charge in [0.05, 0.1) is 129 Å². The first-order valence-electron chi connectivity index (χ1n) is 44.8. The highest BCUT2D eigenvalue weighted by Gasteiger charge is 2.20. The van der Waals surface area contributed by atoms with E-state index in [0.29, 0.717) is 206 Å². The molecular weight excluding hydrogens is 1850 g/mol. The maximum atomic E-state index is 13.7. The number of oxime groups is 4. The molecule has 770 valence electrons. The highest BCUT2D eigenvalue weighted by atomic mass is 32.2. The summed E-state index contributed by atoms with van der Waals surface area (Å²) in [6, 6.07) is 0. The quantitative estimate of drug-likeness (QED) is 0.0150. The molecule has 14 amide bonds. The second-order valence-electron chi connectivity index (χ2n) is 26.6. The highest BCUT2D eigenvalue weighted by Crippen LogP contribution is 2.08. The summed E-state index contributed by atoms with van der Waals surface area (Å²) in [6.07, 6.45) is 10.1. The van der Waals surface area contributed by atoms with Crippen molar-refractivity contribution in [3.8, 4) is 0 Å². The van der Waals surface area contributed by atoms with Crippen molar-refractivity contribution in [3.05, 3.63) is 13.2 Å². The fourth-order valence-corrected chi connectivity index (χ4v) is 12.3. The van der Waals surface area contributed by atoms with Gasteiger partial charge in [0, 0.05) is 141 Å². The number of amides is 14. The van der Waals surface area contributed by atoms with E-state index in [4.69, 9.17) is 79.1 Å². The molecule has 52 heteroatoms.